The molecule has 0 aliphatic rings. The third-order valence-corrected chi connectivity index (χ3v) is 5.24. The number of hydrogen-bond donors (Lipinski definition) is 0. The van der Waals surface area contributed by atoms with Gasteiger partial charge in [-0.25, -0.2) is 0 Å². The first-order valence-corrected chi connectivity index (χ1v) is 9.65. The molecule has 0 N–H and O–H groups in total. The van der Waals surface area contributed by atoms with Gasteiger partial charge in [-0.15, -0.1) is 0 Å². The Labute approximate surface area is 142 Å². The molecule has 0 saturated heterocycles. The van der Waals surface area contributed by atoms with E-state index < -0.39 is 9.05 Å². The van der Waals surface area contributed by atoms with Crippen LogP contribution in [0.25, 0.3) is 12.2 Å². The normalized spacial score (nSPS) is 10.6. The maximum Gasteiger partial charge on any atom is 0.679 e. The molecule has 0 aliphatic carbocycles. The zero-order valence-corrected chi connectivity index (χ0v) is 15.8. The van der Waals surface area contributed by atoms with Crippen LogP contribution in [0.2, 0.25) is 0 Å². The molecule has 0 amide bonds. The highest BCUT2D eigenvalue weighted by atomic mass is 28.4. The highest BCUT2D eigenvalue weighted by Gasteiger charge is 2.44. The molecule has 0 saturated carbocycles. The Bertz CT molecular complexity index is 396. The standard InChI is InChI=1S/C10H10.C8H20O4Si/c1-3-9-6-5-7-10(4-2)8-9;1-5-9-13(10-6-2,11-7-3)12-8-4/h3-8H,1-2H2;5-8H2,1-4H3. The average Bonchev–Trinajstić information content (AvgIpc) is 2.56. The molecule has 0 radical (unpaired) electrons. The van der Waals surface area contributed by atoms with Crippen molar-refractivity contribution in [2.75, 3.05) is 26.4 Å². The molecule has 1 aromatic rings. The Balaban J connectivity index is 0.000000433. The van der Waals surface area contributed by atoms with Crippen molar-refractivity contribution in [2.24, 2.45) is 0 Å². The summed E-state index contributed by atoms with van der Waals surface area (Å²) < 4.78 is 21.7. The van der Waals surface area contributed by atoms with Gasteiger partial charge in [0.2, 0.25) is 0 Å². The van der Waals surface area contributed by atoms with Crippen LogP contribution in [0.3, 0.4) is 0 Å². The van der Waals surface area contributed by atoms with Gasteiger partial charge in [-0.3, -0.25) is 0 Å². The molecule has 0 bridgehead atoms. The topological polar surface area (TPSA) is 36.9 Å². The van der Waals surface area contributed by atoms with Crippen LogP contribution in [0, 0.1) is 0 Å². The lowest BCUT2D eigenvalue weighted by atomic mass is 10.1. The lowest BCUT2D eigenvalue weighted by Crippen LogP contribution is -2.49. The Morgan fingerprint density at radius 3 is 1.39 bits per heavy atom. The highest BCUT2D eigenvalue weighted by molar-refractivity contribution is 6.53. The molecule has 0 atom stereocenters. The van der Waals surface area contributed by atoms with Gasteiger partial charge in [-0.05, 0) is 44.9 Å². The van der Waals surface area contributed by atoms with Gasteiger partial charge in [-0.1, -0.05) is 43.5 Å². The minimum atomic E-state index is -2.80. The molecule has 130 valence electrons. The summed E-state index contributed by atoms with van der Waals surface area (Å²) in [5.41, 5.74) is 2.27. The van der Waals surface area contributed by atoms with Gasteiger partial charge in [0.25, 0.3) is 0 Å². The maximum absolute atomic E-state index is 5.42. The van der Waals surface area contributed by atoms with E-state index in [1.807, 2.05) is 64.1 Å². The van der Waals surface area contributed by atoms with Crippen molar-refractivity contribution >= 4 is 21.2 Å². The van der Waals surface area contributed by atoms with Crippen molar-refractivity contribution in [1.29, 1.82) is 0 Å². The molecule has 0 aliphatic heterocycles. The fraction of sp³-hybridized carbons (Fsp3) is 0.444. The summed E-state index contributed by atoms with van der Waals surface area (Å²) in [7, 11) is -2.80. The Morgan fingerprint density at radius 1 is 0.783 bits per heavy atom. The van der Waals surface area contributed by atoms with Crippen LogP contribution in [0.1, 0.15) is 38.8 Å². The molecule has 0 aromatic heterocycles. The number of benzene rings is 1. The van der Waals surface area contributed by atoms with Crippen molar-refractivity contribution in [3.8, 4) is 0 Å². The molecule has 0 spiro atoms. The van der Waals surface area contributed by atoms with Crippen LogP contribution in [0.4, 0.5) is 0 Å². The highest BCUT2D eigenvalue weighted by Crippen LogP contribution is 2.11. The maximum atomic E-state index is 5.42. The molecule has 0 heterocycles. The third-order valence-electron chi connectivity index (χ3n) is 2.67. The number of rotatable bonds is 10. The van der Waals surface area contributed by atoms with Crippen molar-refractivity contribution in [3.05, 3.63) is 48.6 Å². The molecule has 1 rings (SSSR count). The molecular weight excluding hydrogens is 308 g/mol. The summed E-state index contributed by atoms with van der Waals surface area (Å²) >= 11 is 0. The van der Waals surface area contributed by atoms with E-state index in [0.29, 0.717) is 26.4 Å². The smallest absolute Gasteiger partial charge is 0.351 e. The van der Waals surface area contributed by atoms with Gasteiger partial charge < -0.3 is 17.7 Å². The molecule has 5 heteroatoms. The van der Waals surface area contributed by atoms with Crippen molar-refractivity contribution in [2.45, 2.75) is 27.7 Å². The summed E-state index contributed by atoms with van der Waals surface area (Å²) in [5.74, 6) is 0. The van der Waals surface area contributed by atoms with E-state index in [9.17, 15) is 0 Å². The van der Waals surface area contributed by atoms with Crippen LogP contribution in [-0.2, 0) is 17.7 Å². The van der Waals surface area contributed by atoms with Crippen LogP contribution < -0.4 is 0 Å². The lowest BCUT2D eigenvalue weighted by Gasteiger charge is -2.26. The summed E-state index contributed by atoms with van der Waals surface area (Å²) in [6.45, 7) is 17.1. The van der Waals surface area contributed by atoms with Crippen LogP contribution in [0.15, 0.2) is 37.4 Å². The van der Waals surface area contributed by atoms with Crippen molar-refractivity contribution in [3.63, 3.8) is 0 Å². The molecule has 1 aromatic carbocycles. The van der Waals surface area contributed by atoms with E-state index in [0.717, 1.165) is 11.1 Å². The first-order chi connectivity index (χ1) is 11.1. The van der Waals surface area contributed by atoms with Crippen LogP contribution in [-0.4, -0.2) is 35.5 Å². The molecule has 4 nitrogen and oxygen atoms in total. The zero-order chi connectivity index (χ0) is 17.6. The second-order valence-corrected chi connectivity index (χ2v) is 6.47. The zero-order valence-electron chi connectivity index (χ0n) is 14.8. The SMILES string of the molecule is C=Cc1cccc(C=C)c1.CCO[Si](OCC)(OCC)OCC. The van der Waals surface area contributed by atoms with Gasteiger partial charge in [0.1, 0.15) is 0 Å². The van der Waals surface area contributed by atoms with Gasteiger partial charge in [0, 0.05) is 26.4 Å². The molecule has 23 heavy (non-hydrogen) atoms. The van der Waals surface area contributed by atoms with Gasteiger partial charge in [0.05, 0.1) is 0 Å². The van der Waals surface area contributed by atoms with Gasteiger partial charge >= 0.3 is 9.05 Å². The molecular formula is C18H30O4Si. The largest absolute Gasteiger partial charge is 0.679 e. The third kappa shape index (κ3) is 8.83. The predicted molar refractivity (Wildman–Crippen MR) is 98.9 cm³/mol. The Kier molecular flexibility index (Phi) is 12.5. The first-order valence-electron chi connectivity index (χ1n) is 8.01. The average molecular weight is 339 g/mol. The second kappa shape index (κ2) is 13.2. The monoisotopic (exact) mass is 338 g/mol. The number of hydrogen-bond acceptors (Lipinski definition) is 4. The van der Waals surface area contributed by atoms with E-state index in [1.165, 1.54) is 0 Å². The predicted octanol–water partition coefficient (Wildman–Crippen LogP) is 4.54. The first kappa shape index (κ1) is 21.8. The van der Waals surface area contributed by atoms with E-state index in [4.69, 9.17) is 17.7 Å². The van der Waals surface area contributed by atoms with Crippen molar-refractivity contribution < 1.29 is 17.7 Å². The second-order valence-electron chi connectivity index (χ2n) is 4.31. The molecule has 0 fully saturated rings. The van der Waals surface area contributed by atoms with E-state index in [-0.39, 0.29) is 0 Å². The minimum Gasteiger partial charge on any atom is -0.351 e. The quantitative estimate of drug-likeness (QED) is 0.587. The van der Waals surface area contributed by atoms with E-state index in [1.54, 1.807) is 0 Å². The minimum absolute atomic E-state index is 0.548. The van der Waals surface area contributed by atoms with E-state index in [2.05, 4.69) is 13.2 Å². The van der Waals surface area contributed by atoms with Gasteiger partial charge in [-0.2, -0.15) is 0 Å². The summed E-state index contributed by atoms with van der Waals surface area (Å²) in [5, 5.41) is 0. The summed E-state index contributed by atoms with van der Waals surface area (Å²) in [4.78, 5) is 0. The Morgan fingerprint density at radius 2 is 1.13 bits per heavy atom. The van der Waals surface area contributed by atoms with Crippen LogP contribution in [0.5, 0.6) is 0 Å². The van der Waals surface area contributed by atoms with Crippen LogP contribution >= 0.6 is 0 Å². The summed E-state index contributed by atoms with van der Waals surface area (Å²) in [6, 6.07) is 8.06. The Hall–Kier alpha value is -1.24. The fourth-order valence-electron chi connectivity index (χ4n) is 1.77. The fourth-order valence-corrected chi connectivity index (χ4v) is 3.68. The van der Waals surface area contributed by atoms with E-state index >= 15 is 0 Å². The van der Waals surface area contributed by atoms with Crippen molar-refractivity contribution in [1.82, 2.24) is 0 Å². The summed E-state index contributed by atoms with van der Waals surface area (Å²) in [6.07, 6.45) is 3.65. The lowest BCUT2D eigenvalue weighted by molar-refractivity contribution is -0.0247. The molecule has 0 unspecified atom stereocenters. The van der Waals surface area contributed by atoms with Gasteiger partial charge in [0.15, 0.2) is 0 Å².